The first kappa shape index (κ1) is 28.5. The number of aryl methyl sites for hydroxylation is 1. The van der Waals surface area contributed by atoms with Crippen LogP contribution in [0.1, 0.15) is 24.9 Å². The number of nitrogens with one attached hydrogen (secondary N) is 1. The van der Waals surface area contributed by atoms with Crippen LogP contribution in [0, 0.1) is 0 Å². The Bertz CT molecular complexity index is 1700. The Balaban J connectivity index is 1.73. The van der Waals surface area contributed by atoms with Crippen molar-refractivity contribution in [1.82, 2.24) is 14.3 Å². The highest BCUT2D eigenvalue weighted by molar-refractivity contribution is 6.31. The molecule has 2 aromatic carbocycles. The summed E-state index contributed by atoms with van der Waals surface area (Å²) < 4.78 is 34.1. The smallest absolute Gasteiger partial charge is 0.299 e. The summed E-state index contributed by atoms with van der Waals surface area (Å²) in [6.45, 7) is 1.77. The van der Waals surface area contributed by atoms with Crippen LogP contribution in [0.25, 0.3) is 27.7 Å². The fourth-order valence-electron chi connectivity index (χ4n) is 4.39. The van der Waals surface area contributed by atoms with E-state index in [1.54, 1.807) is 36.9 Å². The maximum atomic E-state index is 13.3. The molecule has 2 aromatic heterocycles. The summed E-state index contributed by atoms with van der Waals surface area (Å²) in [6, 6.07) is 10.1. The van der Waals surface area contributed by atoms with Gasteiger partial charge in [-0.2, -0.15) is 5.10 Å². The number of benzene rings is 2. The van der Waals surface area contributed by atoms with E-state index in [4.69, 9.17) is 22.1 Å². The molecule has 0 spiro atoms. The molecule has 40 heavy (non-hydrogen) atoms. The molecule has 0 aliphatic heterocycles. The third-order valence-electron chi connectivity index (χ3n) is 6.27. The third-order valence-corrected chi connectivity index (χ3v) is 6.51. The fraction of sp³-hybridized carbons (Fsp3) is 0.214. The van der Waals surface area contributed by atoms with Gasteiger partial charge in [-0.25, -0.2) is 8.78 Å². The molecule has 0 bridgehead atoms. The number of hydrogen-bond acceptors (Lipinski definition) is 6. The number of allylic oxidation sites excluding steroid dienone is 1. The number of rotatable bonds is 9. The number of anilines is 1. The van der Waals surface area contributed by atoms with Crippen molar-refractivity contribution >= 4 is 45.6 Å². The van der Waals surface area contributed by atoms with Crippen molar-refractivity contribution < 1.29 is 23.1 Å². The molecule has 2 heterocycles. The third kappa shape index (κ3) is 5.89. The van der Waals surface area contributed by atoms with Crippen molar-refractivity contribution in [3.63, 3.8) is 0 Å². The lowest BCUT2D eigenvalue weighted by atomic mass is 9.97. The minimum absolute atomic E-state index is 0.194. The number of ketones is 1. The average Bonchev–Trinajstić information content (AvgIpc) is 3.28. The molecule has 12 heteroatoms. The van der Waals surface area contributed by atoms with Gasteiger partial charge in [0.1, 0.15) is 11.8 Å². The second kappa shape index (κ2) is 11.7. The van der Waals surface area contributed by atoms with Crippen LogP contribution in [0.2, 0.25) is 5.02 Å². The molecule has 0 saturated heterocycles. The lowest BCUT2D eigenvalue weighted by Gasteiger charge is -2.21. The van der Waals surface area contributed by atoms with E-state index in [1.165, 1.54) is 42.1 Å². The molecular weight excluding hydrogens is 544 g/mol. The zero-order chi connectivity index (χ0) is 29.1. The first-order valence-electron chi connectivity index (χ1n) is 12.2. The Kier molecular flexibility index (Phi) is 8.34. The van der Waals surface area contributed by atoms with Gasteiger partial charge in [0.25, 0.3) is 12.0 Å². The van der Waals surface area contributed by atoms with Crippen molar-refractivity contribution in [2.24, 2.45) is 12.8 Å². The van der Waals surface area contributed by atoms with Gasteiger partial charge in [-0.1, -0.05) is 24.6 Å². The Morgan fingerprint density at radius 3 is 2.58 bits per heavy atom. The molecule has 0 aliphatic rings. The number of aromatic nitrogens is 3. The fourth-order valence-corrected chi connectivity index (χ4v) is 4.56. The van der Waals surface area contributed by atoms with E-state index < -0.39 is 29.7 Å². The molecule has 4 rings (SSSR count). The van der Waals surface area contributed by atoms with E-state index in [0.29, 0.717) is 11.8 Å². The van der Waals surface area contributed by atoms with Crippen LogP contribution in [0.5, 0.6) is 5.75 Å². The van der Waals surface area contributed by atoms with Crippen molar-refractivity contribution in [3.8, 4) is 16.9 Å². The first-order valence-corrected chi connectivity index (χ1v) is 12.5. The summed E-state index contributed by atoms with van der Waals surface area (Å²) in [5.74, 6) is -1.68. The van der Waals surface area contributed by atoms with E-state index in [-0.39, 0.29) is 39.6 Å². The Labute approximate surface area is 232 Å². The van der Waals surface area contributed by atoms with Gasteiger partial charge in [0.2, 0.25) is 11.7 Å². The zero-order valence-electron chi connectivity index (χ0n) is 21.8. The van der Waals surface area contributed by atoms with Gasteiger partial charge < -0.3 is 15.8 Å². The summed E-state index contributed by atoms with van der Waals surface area (Å²) in [5.41, 5.74) is 7.27. The number of halogens is 3. The van der Waals surface area contributed by atoms with Crippen molar-refractivity contribution in [2.75, 3.05) is 12.4 Å². The number of fused-ring (bicyclic) bond motifs is 1. The zero-order valence-corrected chi connectivity index (χ0v) is 22.6. The van der Waals surface area contributed by atoms with Gasteiger partial charge in [-0.15, -0.1) is 0 Å². The van der Waals surface area contributed by atoms with Crippen LogP contribution in [0.15, 0.2) is 65.7 Å². The molecule has 1 unspecified atom stereocenters. The van der Waals surface area contributed by atoms with Crippen LogP contribution in [0.3, 0.4) is 0 Å². The number of amides is 1. The quantitative estimate of drug-likeness (QED) is 0.280. The van der Waals surface area contributed by atoms with Gasteiger partial charge in [-0.05, 0) is 42.3 Å². The standard InChI is InChI=1S/C28H26ClF2N5O4/c1-4-23(28(39)33-17-6-8-22-15(9-17)13-35(2)34-22)36-14-25(40-3)20(11-26(36)38)19-10-16(29)5-7-18(19)21(32)12-24(37)27(30)31/h5-14,23,27H,4,32H2,1-3H3,(H,33,39). The highest BCUT2D eigenvalue weighted by Gasteiger charge is 2.24. The Hall–Kier alpha value is -4.51. The van der Waals surface area contributed by atoms with Gasteiger partial charge >= 0.3 is 0 Å². The molecule has 208 valence electrons. The predicted molar refractivity (Wildman–Crippen MR) is 150 cm³/mol. The molecule has 0 saturated carbocycles. The summed E-state index contributed by atoms with van der Waals surface area (Å²) >= 11 is 6.19. The van der Waals surface area contributed by atoms with Crippen LogP contribution in [-0.4, -0.2) is 39.6 Å². The normalized spacial score (nSPS) is 12.5. The lowest BCUT2D eigenvalue weighted by Crippen LogP contribution is -2.32. The maximum Gasteiger partial charge on any atom is 0.299 e. The number of alkyl halides is 2. The van der Waals surface area contributed by atoms with E-state index in [0.717, 1.165) is 10.9 Å². The number of nitrogens with zero attached hydrogens (tertiary/aromatic N) is 3. The minimum atomic E-state index is -3.23. The van der Waals surface area contributed by atoms with Crippen LogP contribution in [0.4, 0.5) is 14.5 Å². The molecule has 0 radical (unpaired) electrons. The number of nitrogens with two attached hydrogens (primary N) is 1. The van der Waals surface area contributed by atoms with Crippen molar-refractivity contribution in [1.29, 1.82) is 0 Å². The van der Waals surface area contributed by atoms with E-state index in [2.05, 4.69) is 10.4 Å². The number of pyridine rings is 1. The molecule has 0 aliphatic carbocycles. The molecule has 3 N–H and O–H groups in total. The van der Waals surface area contributed by atoms with Crippen LogP contribution < -0.4 is 21.3 Å². The van der Waals surface area contributed by atoms with Gasteiger partial charge in [-0.3, -0.25) is 23.6 Å². The molecule has 4 aromatic rings. The Morgan fingerprint density at radius 2 is 1.90 bits per heavy atom. The minimum Gasteiger partial charge on any atom is -0.495 e. The predicted octanol–water partition coefficient (Wildman–Crippen LogP) is 4.79. The summed E-state index contributed by atoms with van der Waals surface area (Å²) in [7, 11) is 3.18. The first-order chi connectivity index (χ1) is 19.0. The molecule has 9 nitrogen and oxygen atoms in total. The Morgan fingerprint density at radius 1 is 1.15 bits per heavy atom. The highest BCUT2D eigenvalue weighted by atomic mass is 35.5. The van der Waals surface area contributed by atoms with Gasteiger partial charge in [0.15, 0.2) is 0 Å². The second-order valence-electron chi connectivity index (χ2n) is 8.98. The van der Waals surface area contributed by atoms with E-state index in [1.807, 2.05) is 6.20 Å². The summed E-state index contributed by atoms with van der Waals surface area (Å²) in [4.78, 5) is 38.2. The summed E-state index contributed by atoms with van der Waals surface area (Å²) in [6.07, 6.45) is 0.912. The molecule has 1 atom stereocenters. The number of hydrogen-bond donors (Lipinski definition) is 2. The number of carbonyl (C=O) groups excluding carboxylic acids is 2. The van der Waals surface area contributed by atoms with Crippen LogP contribution >= 0.6 is 11.6 Å². The van der Waals surface area contributed by atoms with Gasteiger partial charge in [0, 0.05) is 58.3 Å². The van der Waals surface area contributed by atoms with E-state index >= 15 is 0 Å². The maximum absolute atomic E-state index is 13.3. The number of ether oxygens (including phenoxy) is 1. The van der Waals surface area contributed by atoms with Crippen LogP contribution in [-0.2, 0) is 16.6 Å². The van der Waals surface area contributed by atoms with Crippen molar-refractivity contribution in [2.45, 2.75) is 25.8 Å². The number of carbonyl (C=O) groups is 2. The lowest BCUT2D eigenvalue weighted by molar-refractivity contribution is -0.124. The second-order valence-corrected chi connectivity index (χ2v) is 9.42. The molecule has 1 amide bonds. The monoisotopic (exact) mass is 569 g/mol. The topological polar surface area (TPSA) is 121 Å². The highest BCUT2D eigenvalue weighted by Crippen LogP contribution is 2.36. The van der Waals surface area contributed by atoms with Crippen molar-refractivity contribution in [3.05, 3.63) is 81.9 Å². The SMILES string of the molecule is CCC(C(=O)Nc1ccc2nn(C)cc2c1)n1cc(OC)c(-c2cc(Cl)ccc2C(N)=CC(=O)C(F)F)cc1=O. The average molecular weight is 570 g/mol. The number of methoxy groups -OCH3 is 1. The summed E-state index contributed by atoms with van der Waals surface area (Å²) in [5, 5.41) is 8.28. The van der Waals surface area contributed by atoms with E-state index in [9.17, 15) is 23.2 Å². The molecular formula is C28H26ClF2N5O4. The van der Waals surface area contributed by atoms with Gasteiger partial charge in [0.05, 0.1) is 18.8 Å². The largest absolute Gasteiger partial charge is 0.495 e. The molecule has 0 fully saturated rings.